The number of nitrogens with one attached hydrogen (secondary N) is 2. The van der Waals surface area contributed by atoms with Crippen molar-refractivity contribution in [3.63, 3.8) is 0 Å². The van der Waals surface area contributed by atoms with Gasteiger partial charge in [0.15, 0.2) is 0 Å². The smallest absolute Gasteiger partial charge is 0.337 e. The van der Waals surface area contributed by atoms with Crippen LogP contribution in [-0.2, 0) is 9.53 Å². The highest BCUT2D eigenvalue weighted by molar-refractivity contribution is 5.93. The van der Waals surface area contributed by atoms with Gasteiger partial charge in [-0.1, -0.05) is 36.4 Å². The molecule has 0 fully saturated rings. The molecule has 2 aliphatic rings. The summed E-state index contributed by atoms with van der Waals surface area (Å²) in [7, 11) is 0. The van der Waals surface area contributed by atoms with Crippen molar-refractivity contribution in [2.24, 2.45) is 0 Å². The first-order valence-corrected chi connectivity index (χ1v) is 8.58. The van der Waals surface area contributed by atoms with Crippen molar-refractivity contribution >= 4 is 17.6 Å². The SMILES string of the molecule is CCOC(=O)C1=C(CN2CC=C(c3ccccc3)CC2)NC(=O)NC1. The fourth-order valence-electron chi connectivity index (χ4n) is 3.07. The lowest BCUT2D eigenvalue weighted by atomic mass is 9.99. The van der Waals surface area contributed by atoms with Crippen molar-refractivity contribution in [2.45, 2.75) is 13.3 Å². The highest BCUT2D eigenvalue weighted by atomic mass is 16.5. The van der Waals surface area contributed by atoms with Crippen LogP contribution in [0.2, 0.25) is 0 Å². The molecule has 0 atom stereocenters. The molecule has 0 saturated carbocycles. The van der Waals surface area contributed by atoms with E-state index in [4.69, 9.17) is 4.74 Å². The summed E-state index contributed by atoms with van der Waals surface area (Å²) in [6.07, 6.45) is 3.16. The van der Waals surface area contributed by atoms with Crippen molar-refractivity contribution in [1.82, 2.24) is 15.5 Å². The summed E-state index contributed by atoms with van der Waals surface area (Å²) in [6.45, 7) is 4.49. The number of nitrogens with zero attached hydrogens (tertiary/aromatic N) is 1. The van der Waals surface area contributed by atoms with Crippen LogP contribution in [0.25, 0.3) is 5.57 Å². The lowest BCUT2D eigenvalue weighted by Gasteiger charge is -2.30. The Balaban J connectivity index is 1.69. The molecule has 0 saturated heterocycles. The zero-order chi connectivity index (χ0) is 17.6. The zero-order valence-corrected chi connectivity index (χ0v) is 14.4. The third kappa shape index (κ3) is 4.28. The van der Waals surface area contributed by atoms with E-state index in [1.807, 2.05) is 18.2 Å². The summed E-state index contributed by atoms with van der Waals surface area (Å²) in [5.41, 5.74) is 3.73. The third-order valence-electron chi connectivity index (χ3n) is 4.40. The van der Waals surface area contributed by atoms with Gasteiger partial charge in [-0.15, -0.1) is 0 Å². The topological polar surface area (TPSA) is 70.7 Å². The molecule has 3 rings (SSSR count). The Morgan fingerprint density at radius 2 is 2.08 bits per heavy atom. The molecule has 0 bridgehead atoms. The summed E-state index contributed by atoms with van der Waals surface area (Å²) < 4.78 is 5.09. The van der Waals surface area contributed by atoms with Crippen molar-refractivity contribution in [3.8, 4) is 0 Å². The minimum absolute atomic E-state index is 0.207. The van der Waals surface area contributed by atoms with Gasteiger partial charge in [0, 0.05) is 25.3 Å². The second-order valence-corrected chi connectivity index (χ2v) is 6.07. The molecule has 2 amide bonds. The van der Waals surface area contributed by atoms with Crippen LogP contribution in [0.15, 0.2) is 47.7 Å². The minimum Gasteiger partial charge on any atom is -0.463 e. The number of amides is 2. The molecular formula is C19H23N3O3. The second-order valence-electron chi connectivity index (χ2n) is 6.07. The van der Waals surface area contributed by atoms with Crippen LogP contribution in [-0.4, -0.2) is 49.7 Å². The van der Waals surface area contributed by atoms with Crippen molar-refractivity contribution < 1.29 is 14.3 Å². The quantitative estimate of drug-likeness (QED) is 0.803. The minimum atomic E-state index is -0.373. The molecule has 2 N–H and O–H groups in total. The van der Waals surface area contributed by atoms with Crippen LogP contribution in [0.4, 0.5) is 4.79 Å². The van der Waals surface area contributed by atoms with Gasteiger partial charge in [-0.3, -0.25) is 4.90 Å². The van der Waals surface area contributed by atoms with Crippen LogP contribution >= 0.6 is 0 Å². The zero-order valence-electron chi connectivity index (χ0n) is 14.4. The van der Waals surface area contributed by atoms with Crippen molar-refractivity contribution in [1.29, 1.82) is 0 Å². The highest BCUT2D eigenvalue weighted by Crippen LogP contribution is 2.22. The van der Waals surface area contributed by atoms with Gasteiger partial charge in [-0.25, -0.2) is 9.59 Å². The van der Waals surface area contributed by atoms with Crippen molar-refractivity contribution in [3.05, 3.63) is 53.2 Å². The molecule has 0 aliphatic carbocycles. The van der Waals surface area contributed by atoms with E-state index in [1.165, 1.54) is 11.1 Å². The van der Waals surface area contributed by atoms with Crippen LogP contribution in [0.5, 0.6) is 0 Å². The Bertz CT molecular complexity index is 710. The van der Waals surface area contributed by atoms with E-state index in [2.05, 4.69) is 33.7 Å². The predicted molar refractivity (Wildman–Crippen MR) is 95.7 cm³/mol. The largest absolute Gasteiger partial charge is 0.463 e. The van der Waals surface area contributed by atoms with E-state index < -0.39 is 0 Å². The lowest BCUT2D eigenvalue weighted by molar-refractivity contribution is -0.138. The first-order valence-electron chi connectivity index (χ1n) is 8.58. The summed E-state index contributed by atoms with van der Waals surface area (Å²) in [5.74, 6) is -0.373. The Morgan fingerprint density at radius 3 is 2.76 bits per heavy atom. The van der Waals surface area contributed by atoms with Gasteiger partial charge in [0.1, 0.15) is 0 Å². The fraction of sp³-hybridized carbons (Fsp3) is 0.368. The predicted octanol–water partition coefficient (Wildman–Crippen LogP) is 1.91. The third-order valence-corrected chi connectivity index (χ3v) is 4.40. The van der Waals surface area contributed by atoms with Gasteiger partial charge < -0.3 is 15.4 Å². The molecule has 2 heterocycles. The molecule has 2 aliphatic heterocycles. The van der Waals surface area contributed by atoms with E-state index >= 15 is 0 Å². The van der Waals surface area contributed by atoms with Crippen molar-refractivity contribution in [2.75, 3.05) is 32.8 Å². The lowest BCUT2D eigenvalue weighted by Crippen LogP contribution is -2.47. The van der Waals surface area contributed by atoms with Gasteiger partial charge in [-0.05, 0) is 24.5 Å². The average molecular weight is 341 g/mol. The molecule has 132 valence electrons. The summed E-state index contributed by atoms with van der Waals surface area (Å²) in [5, 5.41) is 5.39. The monoisotopic (exact) mass is 341 g/mol. The standard InChI is InChI=1S/C19H23N3O3/c1-2-25-18(23)16-12-20-19(24)21-17(16)13-22-10-8-15(9-11-22)14-6-4-3-5-7-14/h3-8H,2,9-13H2,1H3,(H2,20,21,24). The highest BCUT2D eigenvalue weighted by Gasteiger charge is 2.25. The number of ether oxygens (including phenoxy) is 1. The number of urea groups is 1. The maximum absolute atomic E-state index is 12.1. The molecule has 1 aromatic carbocycles. The molecule has 0 unspecified atom stereocenters. The Hall–Kier alpha value is -2.60. The van der Waals surface area contributed by atoms with Gasteiger partial charge in [0.25, 0.3) is 0 Å². The number of carbonyl (C=O) groups is 2. The first kappa shape index (κ1) is 17.2. The number of hydrogen-bond acceptors (Lipinski definition) is 4. The Morgan fingerprint density at radius 1 is 1.28 bits per heavy atom. The molecule has 0 spiro atoms. The van der Waals surface area contributed by atoms with Gasteiger partial charge in [-0.2, -0.15) is 0 Å². The summed E-state index contributed by atoms with van der Waals surface area (Å²) in [6, 6.07) is 10.1. The number of esters is 1. The van der Waals surface area contributed by atoms with E-state index in [1.54, 1.807) is 6.92 Å². The maximum Gasteiger partial charge on any atom is 0.337 e. The van der Waals surface area contributed by atoms with Gasteiger partial charge in [0.05, 0.1) is 18.7 Å². The molecular weight excluding hydrogens is 318 g/mol. The Labute approximate surface area is 147 Å². The van der Waals surface area contributed by atoms with E-state index in [-0.39, 0.29) is 18.5 Å². The number of benzene rings is 1. The first-order chi connectivity index (χ1) is 12.2. The fourth-order valence-corrected chi connectivity index (χ4v) is 3.07. The van der Waals surface area contributed by atoms with E-state index in [0.29, 0.717) is 24.4 Å². The van der Waals surface area contributed by atoms with Crippen LogP contribution in [0.3, 0.4) is 0 Å². The molecule has 1 aromatic rings. The number of hydrogen-bond donors (Lipinski definition) is 2. The van der Waals surface area contributed by atoms with Crippen LogP contribution in [0, 0.1) is 0 Å². The molecule has 6 nitrogen and oxygen atoms in total. The van der Waals surface area contributed by atoms with Gasteiger partial charge in [0.2, 0.25) is 0 Å². The summed E-state index contributed by atoms with van der Waals surface area (Å²) in [4.78, 5) is 25.9. The normalized spacial score (nSPS) is 18.3. The molecule has 0 radical (unpaired) electrons. The van der Waals surface area contributed by atoms with Gasteiger partial charge >= 0.3 is 12.0 Å². The number of rotatable bonds is 5. The second kappa shape index (κ2) is 7.98. The molecule has 6 heteroatoms. The number of carbonyl (C=O) groups excluding carboxylic acids is 2. The van der Waals surface area contributed by atoms with E-state index in [0.717, 1.165) is 19.5 Å². The summed E-state index contributed by atoms with van der Waals surface area (Å²) >= 11 is 0. The molecule has 25 heavy (non-hydrogen) atoms. The Kier molecular flexibility index (Phi) is 5.50. The maximum atomic E-state index is 12.1. The van der Waals surface area contributed by atoms with Crippen LogP contribution in [0.1, 0.15) is 18.9 Å². The molecule has 0 aromatic heterocycles. The van der Waals surface area contributed by atoms with Crippen LogP contribution < -0.4 is 10.6 Å². The average Bonchev–Trinajstić information content (AvgIpc) is 2.63. The van der Waals surface area contributed by atoms with E-state index in [9.17, 15) is 9.59 Å².